The number of hydrogen-bond acceptors (Lipinski definition) is 2. The van der Waals surface area contributed by atoms with Crippen LogP contribution in [0.25, 0.3) is 0 Å². The van der Waals surface area contributed by atoms with Crippen molar-refractivity contribution in [2.45, 2.75) is 58.4 Å². The molecule has 0 heterocycles. The average Bonchev–Trinajstić information content (AvgIpc) is 2.46. The van der Waals surface area contributed by atoms with Crippen LogP contribution in [0.2, 0.25) is 0 Å². The van der Waals surface area contributed by atoms with Crippen molar-refractivity contribution in [3.63, 3.8) is 0 Å². The van der Waals surface area contributed by atoms with E-state index < -0.39 is 11.4 Å². The summed E-state index contributed by atoms with van der Waals surface area (Å²) in [7, 11) is 0. The Bertz CT molecular complexity index is 265. The maximum Gasteiger partial charge on any atom is 0.318 e. The summed E-state index contributed by atoms with van der Waals surface area (Å²) in [4.78, 5) is 22.7. The van der Waals surface area contributed by atoms with E-state index in [1.54, 1.807) is 0 Å². The second-order valence-corrected chi connectivity index (χ2v) is 5.09. The molecule has 4 nitrogen and oxygen atoms in total. The van der Waals surface area contributed by atoms with E-state index in [1.165, 1.54) is 26.7 Å². The summed E-state index contributed by atoms with van der Waals surface area (Å²) < 4.78 is 0. The largest absolute Gasteiger partial charge is 0.480 e. The number of carboxylic acid groups (broad SMARTS) is 1. The minimum Gasteiger partial charge on any atom is -0.480 e. The molecule has 0 aromatic rings. The highest BCUT2D eigenvalue weighted by Crippen LogP contribution is 2.20. The molecule has 92 valence electrons. The van der Waals surface area contributed by atoms with Crippen molar-refractivity contribution in [3.8, 4) is 0 Å². The molecule has 1 rings (SSSR count). The van der Waals surface area contributed by atoms with Crippen LogP contribution in [0.4, 0.5) is 0 Å². The van der Waals surface area contributed by atoms with Gasteiger partial charge in [-0.25, -0.2) is 0 Å². The van der Waals surface area contributed by atoms with Gasteiger partial charge in [0.2, 0.25) is 5.91 Å². The number of carbonyl (C=O) groups is 2. The topological polar surface area (TPSA) is 66.4 Å². The van der Waals surface area contributed by atoms with Crippen molar-refractivity contribution in [1.29, 1.82) is 0 Å². The maximum atomic E-state index is 11.8. The lowest BCUT2D eigenvalue weighted by Crippen LogP contribution is -2.46. The van der Waals surface area contributed by atoms with Gasteiger partial charge in [-0.2, -0.15) is 0 Å². The van der Waals surface area contributed by atoms with Crippen LogP contribution < -0.4 is 5.32 Å². The van der Waals surface area contributed by atoms with E-state index in [0.29, 0.717) is 0 Å². The zero-order valence-electron chi connectivity index (χ0n) is 10.1. The normalized spacial score (nSPS) is 18.9. The van der Waals surface area contributed by atoms with Crippen molar-refractivity contribution in [2.75, 3.05) is 0 Å². The predicted molar refractivity (Wildman–Crippen MR) is 61.0 cm³/mol. The van der Waals surface area contributed by atoms with Crippen LogP contribution in [-0.4, -0.2) is 23.0 Å². The molecule has 1 saturated carbocycles. The van der Waals surface area contributed by atoms with E-state index in [1.807, 2.05) is 0 Å². The van der Waals surface area contributed by atoms with E-state index in [0.717, 1.165) is 25.7 Å². The second-order valence-electron chi connectivity index (χ2n) is 5.09. The van der Waals surface area contributed by atoms with Gasteiger partial charge in [0.15, 0.2) is 0 Å². The maximum absolute atomic E-state index is 11.8. The van der Waals surface area contributed by atoms with Crippen molar-refractivity contribution in [2.24, 2.45) is 5.41 Å². The number of hydrogen-bond donors (Lipinski definition) is 2. The van der Waals surface area contributed by atoms with Crippen LogP contribution in [0.3, 0.4) is 0 Å². The zero-order chi connectivity index (χ0) is 12.2. The van der Waals surface area contributed by atoms with E-state index in [2.05, 4.69) is 5.32 Å². The van der Waals surface area contributed by atoms with Crippen molar-refractivity contribution in [1.82, 2.24) is 5.32 Å². The lowest BCUT2D eigenvalue weighted by molar-refractivity contribution is -0.153. The molecule has 0 aromatic heterocycles. The number of nitrogens with one attached hydrogen (secondary N) is 1. The summed E-state index contributed by atoms with van der Waals surface area (Å²) >= 11 is 0. The Morgan fingerprint density at radius 1 is 1.12 bits per heavy atom. The molecule has 0 unspecified atom stereocenters. The Morgan fingerprint density at radius 2 is 1.62 bits per heavy atom. The molecule has 0 aromatic carbocycles. The fraction of sp³-hybridized carbons (Fsp3) is 0.833. The van der Waals surface area contributed by atoms with Crippen LogP contribution in [0.5, 0.6) is 0 Å². The van der Waals surface area contributed by atoms with Crippen LogP contribution in [0.15, 0.2) is 0 Å². The molecule has 1 amide bonds. The lowest BCUT2D eigenvalue weighted by Gasteiger charge is -2.23. The number of amides is 1. The molecule has 0 bridgehead atoms. The Kier molecular flexibility index (Phi) is 4.33. The van der Waals surface area contributed by atoms with E-state index >= 15 is 0 Å². The minimum absolute atomic E-state index is 0.161. The molecule has 0 atom stereocenters. The Balaban J connectivity index is 2.52. The highest BCUT2D eigenvalue weighted by atomic mass is 16.4. The highest BCUT2D eigenvalue weighted by molar-refractivity contribution is 6.01. The monoisotopic (exact) mass is 227 g/mol. The molecule has 4 heteroatoms. The quantitative estimate of drug-likeness (QED) is 0.572. The number of carboxylic acids is 1. The van der Waals surface area contributed by atoms with Crippen LogP contribution in [0.1, 0.15) is 52.4 Å². The van der Waals surface area contributed by atoms with Gasteiger partial charge in [-0.1, -0.05) is 25.7 Å². The first-order valence-corrected chi connectivity index (χ1v) is 5.99. The summed E-state index contributed by atoms with van der Waals surface area (Å²) in [5, 5.41) is 11.8. The third kappa shape index (κ3) is 3.22. The third-order valence-electron chi connectivity index (χ3n) is 3.29. The van der Waals surface area contributed by atoms with Gasteiger partial charge in [0.1, 0.15) is 5.41 Å². The zero-order valence-corrected chi connectivity index (χ0v) is 10.1. The predicted octanol–water partition coefficient (Wildman–Crippen LogP) is 1.94. The Labute approximate surface area is 96.4 Å². The molecular weight excluding hydrogens is 206 g/mol. The summed E-state index contributed by atoms with van der Waals surface area (Å²) in [6.45, 7) is 2.89. The summed E-state index contributed by atoms with van der Waals surface area (Å²) in [5.74, 6) is -1.44. The second kappa shape index (κ2) is 5.32. The van der Waals surface area contributed by atoms with E-state index in [-0.39, 0.29) is 11.9 Å². The molecule has 0 spiro atoms. The summed E-state index contributed by atoms with van der Waals surface area (Å²) in [5.41, 5.74) is -1.33. The molecule has 1 aliphatic carbocycles. The van der Waals surface area contributed by atoms with Gasteiger partial charge in [-0.05, 0) is 26.7 Å². The first-order valence-electron chi connectivity index (χ1n) is 5.99. The molecule has 1 fully saturated rings. The molecular formula is C12H21NO3. The third-order valence-corrected chi connectivity index (χ3v) is 3.29. The molecule has 0 aliphatic heterocycles. The Morgan fingerprint density at radius 3 is 2.06 bits per heavy atom. The van der Waals surface area contributed by atoms with Crippen molar-refractivity contribution < 1.29 is 14.7 Å². The van der Waals surface area contributed by atoms with Gasteiger partial charge in [0.05, 0.1) is 0 Å². The standard InChI is InChI=1S/C12H21NO3/c1-12(2,11(15)16)10(14)13-9-7-5-3-4-6-8-9/h9H,3-8H2,1-2H3,(H,13,14)(H,15,16). The molecule has 16 heavy (non-hydrogen) atoms. The smallest absolute Gasteiger partial charge is 0.318 e. The van der Waals surface area contributed by atoms with Gasteiger partial charge in [-0.15, -0.1) is 0 Å². The van der Waals surface area contributed by atoms with E-state index in [4.69, 9.17) is 5.11 Å². The van der Waals surface area contributed by atoms with Crippen LogP contribution in [-0.2, 0) is 9.59 Å². The fourth-order valence-electron chi connectivity index (χ4n) is 1.89. The highest BCUT2D eigenvalue weighted by Gasteiger charge is 2.36. The van der Waals surface area contributed by atoms with Gasteiger partial charge < -0.3 is 10.4 Å². The molecule has 2 N–H and O–H groups in total. The molecule has 0 radical (unpaired) electrons. The fourth-order valence-corrected chi connectivity index (χ4v) is 1.89. The lowest BCUT2D eigenvalue weighted by atomic mass is 9.92. The number of carbonyl (C=O) groups excluding carboxylic acids is 1. The number of aliphatic carboxylic acids is 1. The van der Waals surface area contributed by atoms with Crippen molar-refractivity contribution >= 4 is 11.9 Å². The first kappa shape index (κ1) is 13.0. The number of rotatable bonds is 3. The van der Waals surface area contributed by atoms with Gasteiger partial charge in [-0.3, -0.25) is 9.59 Å². The van der Waals surface area contributed by atoms with Crippen molar-refractivity contribution in [3.05, 3.63) is 0 Å². The molecule has 0 saturated heterocycles. The summed E-state index contributed by atoms with van der Waals surface area (Å²) in [6, 6.07) is 0.161. The summed E-state index contributed by atoms with van der Waals surface area (Å²) in [6.07, 6.45) is 6.63. The minimum atomic E-state index is -1.33. The first-order chi connectivity index (χ1) is 7.44. The van der Waals surface area contributed by atoms with Gasteiger partial charge in [0, 0.05) is 6.04 Å². The van der Waals surface area contributed by atoms with Gasteiger partial charge >= 0.3 is 5.97 Å². The van der Waals surface area contributed by atoms with Crippen LogP contribution in [0, 0.1) is 5.41 Å². The molecule has 1 aliphatic rings. The Hall–Kier alpha value is -1.06. The van der Waals surface area contributed by atoms with E-state index in [9.17, 15) is 9.59 Å². The van der Waals surface area contributed by atoms with Gasteiger partial charge in [0.25, 0.3) is 0 Å². The van der Waals surface area contributed by atoms with Crippen LogP contribution >= 0.6 is 0 Å². The SMILES string of the molecule is CC(C)(C(=O)O)C(=O)NC1CCCCCC1. The average molecular weight is 227 g/mol.